The third-order valence-electron chi connectivity index (χ3n) is 8.73. The Bertz CT molecular complexity index is 1530. The first-order valence-corrected chi connectivity index (χ1v) is 14.2. The zero-order chi connectivity index (χ0) is 28.7. The van der Waals surface area contributed by atoms with E-state index in [4.69, 9.17) is 0 Å². The minimum absolute atomic E-state index is 0.0748. The smallest absolute Gasteiger partial charge is 0.264 e. The molecule has 3 fully saturated rings. The summed E-state index contributed by atoms with van der Waals surface area (Å²) in [6.45, 7) is 8.75. The highest BCUT2D eigenvalue weighted by Crippen LogP contribution is 2.28. The molecule has 0 saturated carbocycles. The van der Waals surface area contributed by atoms with Crippen molar-refractivity contribution in [2.24, 2.45) is 0 Å². The number of aromatic nitrogens is 4. The van der Waals surface area contributed by atoms with Gasteiger partial charge in [0.05, 0.1) is 24.0 Å². The number of likely N-dealkylation sites (tertiary alicyclic amines) is 2. The molecule has 12 heteroatoms. The summed E-state index contributed by atoms with van der Waals surface area (Å²) in [7, 11) is 2.13. The highest BCUT2D eigenvalue weighted by Gasteiger charge is 2.42. The molecule has 216 valence electrons. The van der Waals surface area contributed by atoms with Crippen molar-refractivity contribution in [2.75, 3.05) is 57.8 Å². The number of carbonyl (C=O) groups excluding carboxylic acids is 2. The summed E-state index contributed by atoms with van der Waals surface area (Å²) < 4.78 is 3.11. The molecular weight excluding hydrogens is 524 g/mol. The predicted molar refractivity (Wildman–Crippen MR) is 154 cm³/mol. The maximum atomic E-state index is 13.4. The van der Waals surface area contributed by atoms with Gasteiger partial charge in [-0.3, -0.25) is 19.0 Å². The van der Waals surface area contributed by atoms with E-state index in [-0.39, 0.29) is 23.9 Å². The number of piperazine rings is 1. The Kier molecular flexibility index (Phi) is 7.12. The van der Waals surface area contributed by atoms with Crippen LogP contribution >= 0.6 is 0 Å². The van der Waals surface area contributed by atoms with Gasteiger partial charge in [-0.15, -0.1) is 0 Å². The summed E-state index contributed by atoms with van der Waals surface area (Å²) in [4.78, 5) is 50.8. The third-order valence-corrected chi connectivity index (χ3v) is 8.73. The highest BCUT2D eigenvalue weighted by atomic mass is 16.3. The molecule has 2 amide bonds. The van der Waals surface area contributed by atoms with Crippen LogP contribution in [0, 0.1) is 0 Å². The van der Waals surface area contributed by atoms with Gasteiger partial charge in [0.1, 0.15) is 17.8 Å². The molecule has 0 radical (unpaired) electrons. The molecule has 2 aromatic heterocycles. The van der Waals surface area contributed by atoms with Crippen LogP contribution in [0.15, 0.2) is 54.2 Å². The first-order valence-electron chi connectivity index (χ1n) is 14.2. The van der Waals surface area contributed by atoms with Crippen LogP contribution in [0.5, 0.6) is 0 Å². The molecule has 0 spiro atoms. The van der Waals surface area contributed by atoms with Crippen LogP contribution in [-0.2, 0) is 16.1 Å². The molecule has 0 bridgehead atoms. The number of carbonyl (C=O) groups is 2. The van der Waals surface area contributed by atoms with E-state index in [1.807, 2.05) is 12.1 Å². The largest absolute Gasteiger partial charge is 0.388 e. The van der Waals surface area contributed by atoms with E-state index in [9.17, 15) is 19.5 Å². The Morgan fingerprint density at radius 3 is 2.51 bits per heavy atom. The lowest BCUT2D eigenvalue weighted by molar-refractivity contribution is -0.153. The van der Waals surface area contributed by atoms with Crippen LogP contribution in [0.4, 0.5) is 5.69 Å². The molecule has 3 aromatic rings. The fourth-order valence-corrected chi connectivity index (χ4v) is 5.99. The number of hydrogen-bond acceptors (Lipinski definition) is 8. The number of amides is 2. The molecule has 1 aromatic carbocycles. The van der Waals surface area contributed by atoms with E-state index in [1.54, 1.807) is 9.58 Å². The SMILES string of the molecule is C=CC(=O)N1CCC1C(=O)N1CCC(O)(Cn2cnc3c(cnn3-c3cccc(N4CCN(C)CC4)c3)c2=O)CC1. The summed E-state index contributed by atoms with van der Waals surface area (Å²) in [6.07, 6.45) is 5.51. The van der Waals surface area contributed by atoms with Crippen LogP contribution in [0.2, 0.25) is 0 Å². The molecule has 3 aliphatic heterocycles. The van der Waals surface area contributed by atoms with Crippen molar-refractivity contribution in [1.29, 1.82) is 0 Å². The molecule has 41 heavy (non-hydrogen) atoms. The first kappa shape index (κ1) is 27.2. The fraction of sp³-hybridized carbons (Fsp3) is 0.483. The topological polar surface area (TPSA) is 120 Å². The average molecular weight is 561 g/mol. The average Bonchev–Trinajstić information content (AvgIpc) is 3.40. The van der Waals surface area contributed by atoms with Gasteiger partial charge < -0.3 is 24.7 Å². The second-order valence-electron chi connectivity index (χ2n) is 11.4. The Balaban J connectivity index is 1.14. The predicted octanol–water partition coefficient (Wildman–Crippen LogP) is 0.474. The molecule has 6 rings (SSSR count). The number of nitrogens with zero attached hydrogens (tertiary/aromatic N) is 8. The number of anilines is 1. The second-order valence-corrected chi connectivity index (χ2v) is 11.4. The van der Waals surface area contributed by atoms with Gasteiger partial charge in [-0.2, -0.15) is 5.10 Å². The third kappa shape index (κ3) is 5.13. The Morgan fingerprint density at radius 2 is 1.83 bits per heavy atom. The number of benzene rings is 1. The van der Waals surface area contributed by atoms with Gasteiger partial charge in [0, 0.05) is 51.5 Å². The number of likely N-dealkylation sites (N-methyl/N-ethyl adjacent to an activating group) is 1. The van der Waals surface area contributed by atoms with Gasteiger partial charge >= 0.3 is 0 Å². The number of aliphatic hydroxyl groups is 1. The second kappa shape index (κ2) is 10.7. The van der Waals surface area contributed by atoms with E-state index in [1.165, 1.54) is 28.1 Å². The van der Waals surface area contributed by atoms with Crippen molar-refractivity contribution in [2.45, 2.75) is 37.5 Å². The van der Waals surface area contributed by atoms with Crippen molar-refractivity contribution in [3.8, 4) is 5.69 Å². The number of fused-ring (bicyclic) bond motifs is 1. The quantitative estimate of drug-likeness (QED) is 0.433. The van der Waals surface area contributed by atoms with E-state index in [2.05, 4.69) is 45.6 Å². The summed E-state index contributed by atoms with van der Waals surface area (Å²) in [5, 5.41) is 16.2. The Hall–Kier alpha value is -4.03. The van der Waals surface area contributed by atoms with Crippen LogP contribution < -0.4 is 10.5 Å². The minimum Gasteiger partial charge on any atom is -0.388 e. The lowest BCUT2D eigenvalue weighted by Gasteiger charge is -2.44. The number of hydrogen-bond donors (Lipinski definition) is 1. The Labute approximate surface area is 238 Å². The highest BCUT2D eigenvalue weighted by molar-refractivity contribution is 5.94. The lowest BCUT2D eigenvalue weighted by Crippen LogP contribution is -2.60. The van der Waals surface area contributed by atoms with Crippen molar-refractivity contribution in [1.82, 2.24) is 34.0 Å². The monoisotopic (exact) mass is 560 g/mol. The number of rotatable bonds is 6. The zero-order valence-corrected chi connectivity index (χ0v) is 23.4. The summed E-state index contributed by atoms with van der Waals surface area (Å²) >= 11 is 0. The van der Waals surface area contributed by atoms with Crippen LogP contribution in [-0.4, -0.2) is 115 Å². The summed E-state index contributed by atoms with van der Waals surface area (Å²) in [5.41, 5.74) is 0.984. The van der Waals surface area contributed by atoms with Crippen molar-refractivity contribution in [3.63, 3.8) is 0 Å². The van der Waals surface area contributed by atoms with E-state index < -0.39 is 11.6 Å². The number of piperidine rings is 1. The maximum absolute atomic E-state index is 13.4. The Morgan fingerprint density at radius 1 is 1.10 bits per heavy atom. The fourth-order valence-electron chi connectivity index (χ4n) is 5.99. The molecule has 3 aliphatic rings. The summed E-state index contributed by atoms with van der Waals surface area (Å²) in [5.74, 6) is -0.339. The van der Waals surface area contributed by atoms with Crippen molar-refractivity contribution < 1.29 is 14.7 Å². The van der Waals surface area contributed by atoms with Gasteiger partial charge in [-0.05, 0) is 50.6 Å². The van der Waals surface area contributed by atoms with E-state index in [0.29, 0.717) is 49.9 Å². The molecule has 12 nitrogen and oxygen atoms in total. The molecule has 3 saturated heterocycles. The molecule has 0 aliphatic carbocycles. The molecule has 1 unspecified atom stereocenters. The standard InChI is InChI=1S/C29H36N8O4/c1-3-25(38)36-10-7-24(36)28(40)34-11-8-29(41,9-12-34)19-35-20-30-26-23(27(35)39)18-31-37(26)22-6-4-5-21(17-22)33-15-13-32(2)14-16-33/h3-6,17-18,20,24,41H,1,7-16,19H2,2H3. The van der Waals surface area contributed by atoms with Crippen molar-refractivity contribution >= 4 is 28.5 Å². The molecule has 1 N–H and O–H groups in total. The van der Waals surface area contributed by atoms with Crippen LogP contribution in [0.1, 0.15) is 19.3 Å². The molecular formula is C29H36N8O4. The van der Waals surface area contributed by atoms with Crippen LogP contribution in [0.3, 0.4) is 0 Å². The summed E-state index contributed by atoms with van der Waals surface area (Å²) in [6, 6.07) is 7.64. The van der Waals surface area contributed by atoms with Gasteiger partial charge in [-0.25, -0.2) is 9.67 Å². The van der Waals surface area contributed by atoms with E-state index in [0.717, 1.165) is 37.6 Å². The normalized spacial score (nSPS) is 21.1. The molecule has 1 atom stereocenters. The minimum atomic E-state index is -1.15. The molecule has 5 heterocycles. The van der Waals surface area contributed by atoms with Crippen molar-refractivity contribution in [3.05, 3.63) is 59.8 Å². The lowest BCUT2D eigenvalue weighted by atomic mass is 9.90. The van der Waals surface area contributed by atoms with Gasteiger partial charge in [0.2, 0.25) is 11.8 Å². The van der Waals surface area contributed by atoms with Gasteiger partial charge in [0.25, 0.3) is 5.56 Å². The van der Waals surface area contributed by atoms with Gasteiger partial charge in [0.15, 0.2) is 5.65 Å². The van der Waals surface area contributed by atoms with E-state index >= 15 is 0 Å². The maximum Gasteiger partial charge on any atom is 0.264 e. The first-order chi connectivity index (χ1) is 19.8. The zero-order valence-electron chi connectivity index (χ0n) is 23.4. The van der Waals surface area contributed by atoms with Crippen LogP contribution in [0.25, 0.3) is 16.7 Å². The van der Waals surface area contributed by atoms with Gasteiger partial charge in [-0.1, -0.05) is 12.6 Å².